The molecule has 0 saturated carbocycles. The Hall–Kier alpha value is -1.38. The minimum absolute atomic E-state index is 0.936. The summed E-state index contributed by atoms with van der Waals surface area (Å²) in [7, 11) is 0. The van der Waals surface area contributed by atoms with Crippen LogP contribution < -0.4 is 0 Å². The van der Waals surface area contributed by atoms with Gasteiger partial charge in [-0.25, -0.2) is 9.59 Å². The number of hydrogen-bond donors (Lipinski definition) is 7. The first-order chi connectivity index (χ1) is 11.2. The van der Waals surface area contributed by atoms with Crippen LogP contribution in [0.3, 0.4) is 0 Å². The van der Waals surface area contributed by atoms with Crippen LogP contribution in [0.5, 0.6) is 0 Å². The van der Waals surface area contributed by atoms with Gasteiger partial charge < -0.3 is 50.0 Å². The SMILES string of the molecule is O=C1OC(CO)(C2(O)O[C@H](CO)[C@H](O)[C@H](O)[C@H]2O)C(=O)OC1CO. The fraction of sp³-hybridized carbons (Fsp3) is 0.833. The van der Waals surface area contributed by atoms with Gasteiger partial charge in [0, 0.05) is 0 Å². The Kier molecular flexibility index (Phi) is 5.13. The van der Waals surface area contributed by atoms with Gasteiger partial charge >= 0.3 is 11.9 Å². The number of hydrogen-bond acceptors (Lipinski definition) is 12. The lowest BCUT2D eigenvalue weighted by atomic mass is 9.81. The number of esters is 2. The zero-order valence-electron chi connectivity index (χ0n) is 12.2. The summed E-state index contributed by atoms with van der Waals surface area (Å²) in [6.45, 7) is -3.31. The monoisotopic (exact) mass is 354 g/mol. The van der Waals surface area contributed by atoms with Gasteiger partial charge in [-0.15, -0.1) is 0 Å². The number of aliphatic hydroxyl groups excluding tert-OH is 6. The van der Waals surface area contributed by atoms with E-state index in [9.17, 15) is 35.1 Å². The Labute approximate surface area is 134 Å². The summed E-state index contributed by atoms with van der Waals surface area (Å²) in [6, 6.07) is 0. The zero-order valence-corrected chi connectivity index (χ0v) is 12.2. The van der Waals surface area contributed by atoms with Crippen LogP contribution in [0.2, 0.25) is 0 Å². The van der Waals surface area contributed by atoms with E-state index in [-0.39, 0.29) is 0 Å². The zero-order chi connectivity index (χ0) is 18.3. The molecule has 0 spiro atoms. The lowest BCUT2D eigenvalue weighted by Gasteiger charge is -2.52. The highest BCUT2D eigenvalue weighted by Crippen LogP contribution is 2.41. The molecule has 0 aliphatic carbocycles. The molecule has 2 heterocycles. The smallest absolute Gasteiger partial charge is 0.359 e. The van der Waals surface area contributed by atoms with E-state index in [0.717, 1.165) is 0 Å². The van der Waals surface area contributed by atoms with E-state index < -0.39 is 73.7 Å². The highest BCUT2D eigenvalue weighted by atomic mass is 16.7. The Morgan fingerprint density at radius 3 is 2.12 bits per heavy atom. The first-order valence-corrected chi connectivity index (χ1v) is 6.89. The van der Waals surface area contributed by atoms with E-state index in [0.29, 0.717) is 0 Å². The number of carbonyl (C=O) groups excluding carboxylic acids is 2. The van der Waals surface area contributed by atoms with Crippen LogP contribution >= 0.6 is 0 Å². The topological polar surface area (TPSA) is 203 Å². The lowest BCUT2D eigenvalue weighted by molar-refractivity contribution is -0.402. The molecular weight excluding hydrogens is 336 g/mol. The van der Waals surface area contributed by atoms with Gasteiger partial charge in [0.15, 0.2) is 0 Å². The van der Waals surface area contributed by atoms with E-state index in [4.69, 9.17) is 19.7 Å². The lowest BCUT2D eigenvalue weighted by Crippen LogP contribution is -2.79. The summed E-state index contributed by atoms with van der Waals surface area (Å²) in [5.74, 6) is -6.16. The quantitative estimate of drug-likeness (QED) is 0.236. The molecule has 7 atom stereocenters. The predicted molar refractivity (Wildman–Crippen MR) is 67.8 cm³/mol. The van der Waals surface area contributed by atoms with Crippen molar-refractivity contribution in [1.29, 1.82) is 0 Å². The van der Waals surface area contributed by atoms with Gasteiger partial charge in [0.1, 0.15) is 24.4 Å². The fourth-order valence-corrected chi connectivity index (χ4v) is 2.58. The van der Waals surface area contributed by atoms with Gasteiger partial charge in [0.25, 0.3) is 5.60 Å². The minimum Gasteiger partial charge on any atom is -0.445 e. The van der Waals surface area contributed by atoms with Gasteiger partial charge in [0.05, 0.1) is 19.8 Å². The number of cyclic esters (lactones) is 2. The molecule has 0 radical (unpaired) electrons. The minimum atomic E-state index is -3.25. The van der Waals surface area contributed by atoms with Crippen LogP contribution in [0.15, 0.2) is 0 Å². The standard InChI is InChI=1S/C12H18O12/c13-1-4-6(16)7(17)8(18)12(21,23-4)11(3-15)10(20)22-5(2-14)9(19)24-11/h4-8,13-18,21H,1-3H2/t4-,5?,6+,7+,8-,11?,12?/m1/s1. The molecule has 0 bridgehead atoms. The Balaban J connectivity index is 2.47. The summed E-state index contributed by atoms with van der Waals surface area (Å²) < 4.78 is 14.2. The van der Waals surface area contributed by atoms with Crippen molar-refractivity contribution in [2.24, 2.45) is 0 Å². The first-order valence-electron chi connectivity index (χ1n) is 6.89. The van der Waals surface area contributed by atoms with Gasteiger partial charge in [-0.2, -0.15) is 0 Å². The molecule has 0 aromatic rings. The molecule has 2 fully saturated rings. The highest BCUT2D eigenvalue weighted by molar-refractivity contribution is 5.91. The number of aliphatic hydroxyl groups is 7. The summed E-state index contributed by atoms with van der Waals surface area (Å²) in [5, 5.41) is 67.7. The number of rotatable bonds is 4. The third-order valence-corrected chi connectivity index (χ3v) is 4.05. The van der Waals surface area contributed by atoms with Crippen molar-refractivity contribution in [3.63, 3.8) is 0 Å². The molecule has 2 aliphatic rings. The van der Waals surface area contributed by atoms with Crippen LogP contribution in [-0.2, 0) is 23.8 Å². The maximum Gasteiger partial charge on any atom is 0.359 e. The van der Waals surface area contributed by atoms with Crippen LogP contribution in [0.1, 0.15) is 0 Å². The molecule has 2 rings (SSSR count). The van der Waals surface area contributed by atoms with Gasteiger partial charge in [0.2, 0.25) is 11.9 Å². The van der Waals surface area contributed by atoms with Crippen LogP contribution in [0, 0.1) is 0 Å². The van der Waals surface area contributed by atoms with Crippen molar-refractivity contribution in [1.82, 2.24) is 0 Å². The van der Waals surface area contributed by atoms with E-state index >= 15 is 0 Å². The van der Waals surface area contributed by atoms with Gasteiger partial charge in [-0.3, -0.25) is 0 Å². The largest absolute Gasteiger partial charge is 0.445 e. The second-order valence-corrected chi connectivity index (χ2v) is 5.44. The van der Waals surface area contributed by atoms with Crippen molar-refractivity contribution in [2.75, 3.05) is 19.8 Å². The van der Waals surface area contributed by atoms with Gasteiger partial charge in [-0.05, 0) is 0 Å². The van der Waals surface area contributed by atoms with Crippen LogP contribution in [-0.4, -0.2) is 109 Å². The summed E-state index contributed by atoms with van der Waals surface area (Å²) in [5.41, 5.74) is -3.01. The molecule has 12 nitrogen and oxygen atoms in total. The average molecular weight is 354 g/mol. The first kappa shape index (κ1) is 19.0. The molecule has 12 heteroatoms. The molecule has 3 unspecified atom stereocenters. The van der Waals surface area contributed by atoms with E-state index in [1.165, 1.54) is 0 Å². The second kappa shape index (κ2) is 6.50. The van der Waals surface area contributed by atoms with E-state index in [2.05, 4.69) is 4.74 Å². The summed E-state index contributed by atoms with van der Waals surface area (Å²) in [6.07, 6.45) is -9.79. The average Bonchev–Trinajstić information content (AvgIpc) is 2.57. The highest BCUT2D eigenvalue weighted by Gasteiger charge is 2.72. The second-order valence-electron chi connectivity index (χ2n) is 5.44. The molecule has 2 aliphatic heterocycles. The van der Waals surface area contributed by atoms with Crippen LogP contribution in [0.25, 0.3) is 0 Å². The maximum atomic E-state index is 12.2. The normalized spacial score (nSPS) is 46.4. The third-order valence-electron chi connectivity index (χ3n) is 4.05. The Morgan fingerprint density at radius 1 is 1.00 bits per heavy atom. The summed E-state index contributed by atoms with van der Waals surface area (Å²) in [4.78, 5) is 23.9. The fourth-order valence-electron chi connectivity index (χ4n) is 2.58. The Bertz CT molecular complexity index is 508. The van der Waals surface area contributed by atoms with Crippen molar-refractivity contribution in [2.45, 2.75) is 41.9 Å². The van der Waals surface area contributed by atoms with E-state index in [1.54, 1.807) is 0 Å². The van der Waals surface area contributed by atoms with Crippen molar-refractivity contribution in [3.05, 3.63) is 0 Å². The van der Waals surface area contributed by atoms with Gasteiger partial charge in [-0.1, -0.05) is 0 Å². The Morgan fingerprint density at radius 2 is 1.62 bits per heavy atom. The summed E-state index contributed by atoms with van der Waals surface area (Å²) >= 11 is 0. The predicted octanol–water partition coefficient (Wildman–Crippen LogP) is -5.66. The molecule has 24 heavy (non-hydrogen) atoms. The molecule has 0 amide bonds. The molecule has 2 saturated heterocycles. The molecular formula is C12H18O12. The van der Waals surface area contributed by atoms with Crippen molar-refractivity contribution < 1.29 is 59.5 Å². The number of ether oxygens (including phenoxy) is 3. The van der Waals surface area contributed by atoms with Crippen molar-refractivity contribution >= 4 is 11.9 Å². The third kappa shape index (κ3) is 2.48. The molecule has 7 N–H and O–H groups in total. The van der Waals surface area contributed by atoms with Crippen LogP contribution in [0.4, 0.5) is 0 Å². The maximum absolute atomic E-state index is 12.2. The van der Waals surface area contributed by atoms with E-state index in [1.807, 2.05) is 0 Å². The van der Waals surface area contributed by atoms with Crippen molar-refractivity contribution in [3.8, 4) is 0 Å². The molecule has 0 aromatic heterocycles. The molecule has 138 valence electrons. The number of carbonyl (C=O) groups is 2. The molecule has 0 aromatic carbocycles.